The number of ether oxygens (including phenoxy) is 2. The number of rotatable bonds is 8. The molecule has 1 amide bonds. The second kappa shape index (κ2) is 10.2. The SMILES string of the molecule is CCOc1ccc(C2(CNC(=O)c3cnn(Cc4ccccc4Cl)c3)CCOCC2)cc1. The Morgan fingerprint density at radius 3 is 2.66 bits per heavy atom. The summed E-state index contributed by atoms with van der Waals surface area (Å²) < 4.78 is 12.9. The van der Waals surface area contributed by atoms with Crippen molar-refractivity contribution in [1.82, 2.24) is 15.1 Å². The van der Waals surface area contributed by atoms with E-state index in [-0.39, 0.29) is 11.3 Å². The fourth-order valence-corrected chi connectivity index (χ4v) is 4.32. The van der Waals surface area contributed by atoms with Gasteiger partial charge in [-0.1, -0.05) is 41.9 Å². The zero-order valence-electron chi connectivity index (χ0n) is 18.2. The second-order valence-electron chi connectivity index (χ2n) is 8.05. The first kappa shape index (κ1) is 22.4. The molecule has 7 heteroatoms. The maximum atomic E-state index is 12.9. The van der Waals surface area contributed by atoms with E-state index in [4.69, 9.17) is 21.1 Å². The molecule has 0 unspecified atom stereocenters. The molecule has 0 aliphatic carbocycles. The number of halogens is 1. The monoisotopic (exact) mass is 453 g/mol. The summed E-state index contributed by atoms with van der Waals surface area (Å²) in [5.74, 6) is 0.723. The Morgan fingerprint density at radius 1 is 1.19 bits per heavy atom. The Labute approximate surface area is 193 Å². The van der Waals surface area contributed by atoms with Crippen molar-refractivity contribution in [1.29, 1.82) is 0 Å². The Hall–Kier alpha value is -2.83. The fraction of sp³-hybridized carbons (Fsp3) is 0.360. The molecule has 32 heavy (non-hydrogen) atoms. The van der Waals surface area contributed by atoms with Gasteiger partial charge in [0.05, 0.1) is 24.9 Å². The van der Waals surface area contributed by atoms with Crippen LogP contribution in [0.15, 0.2) is 60.9 Å². The number of carbonyl (C=O) groups excluding carboxylic acids is 1. The van der Waals surface area contributed by atoms with Gasteiger partial charge in [-0.25, -0.2) is 0 Å². The van der Waals surface area contributed by atoms with E-state index in [1.54, 1.807) is 17.1 Å². The third-order valence-corrected chi connectivity index (χ3v) is 6.37. The summed E-state index contributed by atoms with van der Waals surface area (Å²) in [5, 5.41) is 8.15. The highest BCUT2D eigenvalue weighted by atomic mass is 35.5. The summed E-state index contributed by atoms with van der Waals surface area (Å²) in [6, 6.07) is 15.8. The van der Waals surface area contributed by atoms with Crippen LogP contribution in [0.2, 0.25) is 5.02 Å². The number of aromatic nitrogens is 2. The Bertz CT molecular complexity index is 1040. The summed E-state index contributed by atoms with van der Waals surface area (Å²) in [6.45, 7) is 5.02. The molecule has 3 aromatic rings. The largest absolute Gasteiger partial charge is 0.494 e. The first-order valence-corrected chi connectivity index (χ1v) is 11.3. The molecule has 0 atom stereocenters. The van der Waals surface area contributed by atoms with Crippen molar-refractivity contribution in [3.8, 4) is 5.75 Å². The number of hydrogen-bond donors (Lipinski definition) is 1. The molecule has 1 aromatic heterocycles. The molecule has 4 rings (SSSR count). The lowest BCUT2D eigenvalue weighted by atomic mass is 9.74. The number of benzene rings is 2. The molecule has 2 heterocycles. The zero-order chi connectivity index (χ0) is 22.4. The van der Waals surface area contributed by atoms with E-state index in [1.807, 2.05) is 43.3 Å². The molecular formula is C25H28ClN3O3. The van der Waals surface area contributed by atoms with Crippen LogP contribution < -0.4 is 10.1 Å². The highest BCUT2D eigenvalue weighted by Crippen LogP contribution is 2.35. The number of nitrogens with one attached hydrogen (secondary N) is 1. The molecule has 1 saturated heterocycles. The van der Waals surface area contributed by atoms with Gasteiger partial charge >= 0.3 is 0 Å². The summed E-state index contributed by atoms with van der Waals surface area (Å²) >= 11 is 6.24. The van der Waals surface area contributed by atoms with Gasteiger partial charge < -0.3 is 14.8 Å². The van der Waals surface area contributed by atoms with Gasteiger partial charge in [0.25, 0.3) is 5.91 Å². The van der Waals surface area contributed by atoms with Gasteiger partial charge in [-0.05, 0) is 49.1 Å². The Kier molecular flexibility index (Phi) is 7.12. The van der Waals surface area contributed by atoms with Crippen LogP contribution in [0.5, 0.6) is 5.75 Å². The second-order valence-corrected chi connectivity index (χ2v) is 8.46. The zero-order valence-corrected chi connectivity index (χ0v) is 19.0. The lowest BCUT2D eigenvalue weighted by Crippen LogP contribution is -2.44. The van der Waals surface area contributed by atoms with Gasteiger partial charge in [0.1, 0.15) is 5.75 Å². The smallest absolute Gasteiger partial charge is 0.254 e. The first-order valence-electron chi connectivity index (χ1n) is 10.9. The van der Waals surface area contributed by atoms with Gasteiger partial charge in [0, 0.05) is 36.4 Å². The van der Waals surface area contributed by atoms with Crippen LogP contribution in [0.3, 0.4) is 0 Å². The highest BCUT2D eigenvalue weighted by molar-refractivity contribution is 6.31. The predicted molar refractivity (Wildman–Crippen MR) is 124 cm³/mol. The van der Waals surface area contributed by atoms with E-state index in [0.717, 1.165) is 24.2 Å². The average Bonchev–Trinajstić information content (AvgIpc) is 3.29. The molecular weight excluding hydrogens is 426 g/mol. The fourth-order valence-electron chi connectivity index (χ4n) is 4.12. The topological polar surface area (TPSA) is 65.4 Å². The van der Waals surface area contributed by atoms with Crippen molar-refractivity contribution in [2.75, 3.05) is 26.4 Å². The van der Waals surface area contributed by atoms with Crippen LogP contribution in [0.25, 0.3) is 0 Å². The Balaban J connectivity index is 1.44. The third kappa shape index (κ3) is 5.14. The molecule has 1 fully saturated rings. The first-order chi connectivity index (χ1) is 15.6. The quantitative estimate of drug-likeness (QED) is 0.546. The van der Waals surface area contributed by atoms with Crippen molar-refractivity contribution in [2.45, 2.75) is 31.7 Å². The van der Waals surface area contributed by atoms with Crippen molar-refractivity contribution in [3.63, 3.8) is 0 Å². The van der Waals surface area contributed by atoms with Gasteiger partial charge in [-0.2, -0.15) is 5.10 Å². The van der Waals surface area contributed by atoms with Crippen molar-refractivity contribution in [3.05, 3.63) is 82.6 Å². The molecule has 0 bridgehead atoms. The van der Waals surface area contributed by atoms with E-state index < -0.39 is 0 Å². The average molecular weight is 454 g/mol. The number of nitrogens with zero attached hydrogens (tertiary/aromatic N) is 2. The number of hydrogen-bond acceptors (Lipinski definition) is 4. The summed E-state index contributed by atoms with van der Waals surface area (Å²) in [7, 11) is 0. The highest BCUT2D eigenvalue weighted by Gasteiger charge is 2.35. The minimum absolute atomic E-state index is 0.132. The van der Waals surface area contributed by atoms with Crippen LogP contribution in [0.4, 0.5) is 0 Å². The van der Waals surface area contributed by atoms with E-state index in [1.165, 1.54) is 5.56 Å². The van der Waals surface area contributed by atoms with Crippen molar-refractivity contribution < 1.29 is 14.3 Å². The normalized spacial score (nSPS) is 15.3. The minimum Gasteiger partial charge on any atom is -0.494 e. The maximum absolute atomic E-state index is 12.9. The van der Waals surface area contributed by atoms with Crippen LogP contribution in [-0.4, -0.2) is 42.1 Å². The lowest BCUT2D eigenvalue weighted by molar-refractivity contribution is 0.0487. The number of amides is 1. The summed E-state index contributed by atoms with van der Waals surface area (Å²) in [5.41, 5.74) is 2.53. The van der Waals surface area contributed by atoms with Gasteiger partial charge in [-0.15, -0.1) is 0 Å². The molecule has 6 nitrogen and oxygen atoms in total. The minimum atomic E-state index is -0.161. The summed E-state index contributed by atoms with van der Waals surface area (Å²) in [4.78, 5) is 12.9. The predicted octanol–water partition coefficient (Wildman–Crippen LogP) is 4.46. The van der Waals surface area contributed by atoms with Gasteiger partial charge in [0.15, 0.2) is 0 Å². The molecule has 168 valence electrons. The molecule has 1 aliphatic rings. The Morgan fingerprint density at radius 2 is 1.94 bits per heavy atom. The molecule has 0 saturated carbocycles. The van der Waals surface area contributed by atoms with Gasteiger partial charge in [-0.3, -0.25) is 9.48 Å². The molecule has 1 aliphatic heterocycles. The van der Waals surface area contributed by atoms with E-state index >= 15 is 0 Å². The lowest BCUT2D eigenvalue weighted by Gasteiger charge is -2.38. The van der Waals surface area contributed by atoms with E-state index in [0.29, 0.717) is 43.5 Å². The summed E-state index contributed by atoms with van der Waals surface area (Å²) in [6.07, 6.45) is 5.06. The van der Waals surface area contributed by atoms with Gasteiger partial charge in [0.2, 0.25) is 0 Å². The third-order valence-electron chi connectivity index (χ3n) is 6.00. The van der Waals surface area contributed by atoms with Crippen molar-refractivity contribution in [2.24, 2.45) is 0 Å². The molecule has 2 aromatic carbocycles. The van der Waals surface area contributed by atoms with Crippen LogP contribution in [-0.2, 0) is 16.7 Å². The van der Waals surface area contributed by atoms with Crippen LogP contribution in [0, 0.1) is 0 Å². The molecule has 0 radical (unpaired) electrons. The molecule has 0 spiro atoms. The number of carbonyl (C=O) groups is 1. The van der Waals surface area contributed by atoms with E-state index in [9.17, 15) is 4.79 Å². The van der Waals surface area contributed by atoms with E-state index in [2.05, 4.69) is 22.5 Å². The molecule has 1 N–H and O–H groups in total. The maximum Gasteiger partial charge on any atom is 0.254 e. The van der Waals surface area contributed by atoms with Crippen LogP contribution in [0.1, 0.15) is 41.3 Å². The van der Waals surface area contributed by atoms with Crippen molar-refractivity contribution >= 4 is 17.5 Å². The van der Waals surface area contributed by atoms with Crippen LogP contribution >= 0.6 is 11.6 Å². The standard InChI is InChI=1S/C25H28ClN3O3/c1-2-32-22-9-7-21(8-10-22)25(11-13-31-14-12-25)18-27-24(30)20-15-28-29(17-20)16-19-5-3-4-6-23(19)26/h3-10,15,17H,2,11-14,16,18H2,1H3,(H,27,30).